The first kappa shape index (κ1) is 28.4. The van der Waals surface area contributed by atoms with Gasteiger partial charge in [0.1, 0.15) is 21.9 Å². The fraction of sp³-hybridized carbons (Fsp3) is 0.400. The van der Waals surface area contributed by atoms with E-state index in [1.807, 2.05) is 30.8 Å². The van der Waals surface area contributed by atoms with Gasteiger partial charge >= 0.3 is 0 Å². The highest BCUT2D eigenvalue weighted by Gasteiger charge is 2.33. The molecule has 1 aliphatic heterocycles. The second kappa shape index (κ2) is 11.6. The minimum absolute atomic E-state index is 0.446. The Morgan fingerprint density at radius 2 is 2.00 bits per heavy atom. The van der Waals surface area contributed by atoms with E-state index < -0.39 is 27.1 Å². The lowest BCUT2D eigenvalue weighted by Gasteiger charge is -2.33. The molecule has 9 nitrogen and oxygen atoms in total. The smallest absolute Gasteiger partial charge is 0.246 e. The van der Waals surface area contributed by atoms with Crippen LogP contribution in [0.15, 0.2) is 41.6 Å². The number of aryl methyl sites for hydroxylation is 1. The fourth-order valence-corrected chi connectivity index (χ4v) is 7.61. The Morgan fingerprint density at radius 1 is 1.29 bits per heavy atom. The monoisotopic (exact) mass is 597 g/mol. The zero-order valence-electron chi connectivity index (χ0n) is 21.3. The number of halogens is 2. The van der Waals surface area contributed by atoms with Crippen molar-refractivity contribution in [2.75, 3.05) is 37.0 Å². The van der Waals surface area contributed by atoms with Crippen LogP contribution in [0.2, 0.25) is 9.36 Å². The number of sulfonamides is 1. The van der Waals surface area contributed by atoms with Crippen molar-refractivity contribution < 1.29 is 17.6 Å². The first-order valence-electron chi connectivity index (χ1n) is 12.0. The summed E-state index contributed by atoms with van der Waals surface area (Å²) in [6, 6.07) is 3.24. The van der Waals surface area contributed by atoms with E-state index in [1.54, 1.807) is 24.5 Å². The molecule has 0 bridgehead atoms. The Bertz CT molecular complexity index is 1430. The highest BCUT2D eigenvalue weighted by molar-refractivity contribution is 7.90. The van der Waals surface area contributed by atoms with Gasteiger partial charge in [-0.15, -0.1) is 17.9 Å². The minimum atomic E-state index is -4.01. The molecule has 0 radical (unpaired) electrons. The summed E-state index contributed by atoms with van der Waals surface area (Å²) < 4.78 is 34.4. The zero-order valence-corrected chi connectivity index (χ0v) is 24.4. The van der Waals surface area contributed by atoms with E-state index in [2.05, 4.69) is 21.3 Å². The number of aromatic nitrogens is 2. The van der Waals surface area contributed by atoms with Gasteiger partial charge in [0.25, 0.3) is 0 Å². The van der Waals surface area contributed by atoms with E-state index in [4.69, 9.17) is 27.6 Å². The highest BCUT2D eigenvalue weighted by atomic mass is 35.5. The average Bonchev–Trinajstić information content (AvgIpc) is 3.53. The second-order valence-corrected chi connectivity index (χ2v) is 13.0. The van der Waals surface area contributed by atoms with Crippen molar-refractivity contribution in [3.8, 4) is 11.5 Å². The van der Waals surface area contributed by atoms with Crippen LogP contribution in [-0.2, 0) is 21.2 Å². The molecule has 0 aliphatic carbocycles. The summed E-state index contributed by atoms with van der Waals surface area (Å²) >= 11 is 13.9. The number of hydrogen-bond donors (Lipinski definition) is 1. The first-order valence-corrected chi connectivity index (χ1v) is 15.2. The van der Waals surface area contributed by atoms with Gasteiger partial charge in [-0.3, -0.25) is 9.52 Å². The summed E-state index contributed by atoms with van der Waals surface area (Å²) in [5.41, 5.74) is 1.42. The van der Waals surface area contributed by atoms with E-state index in [0.29, 0.717) is 57.4 Å². The maximum absolute atomic E-state index is 12.9. The van der Waals surface area contributed by atoms with E-state index in [9.17, 15) is 13.2 Å². The lowest BCUT2D eigenvalue weighted by Crippen LogP contribution is -2.43. The summed E-state index contributed by atoms with van der Waals surface area (Å²) in [6.45, 7) is 6.59. The predicted molar refractivity (Wildman–Crippen MR) is 153 cm³/mol. The van der Waals surface area contributed by atoms with Crippen molar-refractivity contribution in [2.45, 2.75) is 31.4 Å². The number of thiophene rings is 1. The van der Waals surface area contributed by atoms with Crippen molar-refractivity contribution in [1.82, 2.24) is 14.7 Å². The topological polar surface area (TPSA) is 109 Å². The molecule has 1 unspecified atom stereocenters. The van der Waals surface area contributed by atoms with E-state index in [-0.39, 0.29) is 0 Å². The van der Waals surface area contributed by atoms with Crippen LogP contribution in [0.3, 0.4) is 0 Å². The third kappa shape index (κ3) is 5.85. The number of nitrogens with zero attached hydrogens (tertiary/aromatic N) is 4. The number of rotatable bonds is 9. The lowest BCUT2D eigenvalue weighted by atomic mass is 9.96. The zero-order chi connectivity index (χ0) is 27.6. The van der Waals surface area contributed by atoms with Gasteiger partial charge < -0.3 is 14.2 Å². The van der Waals surface area contributed by atoms with Crippen molar-refractivity contribution in [3.05, 3.63) is 57.2 Å². The summed E-state index contributed by atoms with van der Waals surface area (Å²) in [6.07, 6.45) is 6.30. The lowest BCUT2D eigenvalue weighted by molar-refractivity contribution is -0.123. The Labute approximate surface area is 236 Å². The Morgan fingerprint density at radius 3 is 2.55 bits per heavy atom. The van der Waals surface area contributed by atoms with Gasteiger partial charge in [0.05, 0.1) is 21.8 Å². The molecule has 0 saturated carbocycles. The van der Waals surface area contributed by atoms with E-state index >= 15 is 0 Å². The molecule has 1 aliphatic rings. The van der Waals surface area contributed by atoms with Gasteiger partial charge in [0.15, 0.2) is 0 Å². The SMILES string of the molecule is C=CC(c1ccc(Cl)s1)S(=O)(=O)NC(=O)C1CCN(c2ncc(-c3ncc(CC)o3)c(N(C)C)c2Cl)CC1. The largest absolute Gasteiger partial charge is 0.441 e. The average molecular weight is 599 g/mol. The van der Waals surface area contributed by atoms with Crippen molar-refractivity contribution in [1.29, 1.82) is 0 Å². The standard InChI is InChI=1S/C25H29Cl2N5O4S2/c1-5-16-13-29-25(36-16)17-14-28-23(21(27)22(17)31(3)4)32-11-9-15(10-12-32)24(33)30-38(34,35)19(6-2)18-7-8-20(26)37-18/h6-8,13-15,19H,2,5,9-12H2,1,3-4H3,(H,30,33). The van der Waals surface area contributed by atoms with Crippen molar-refractivity contribution in [3.63, 3.8) is 0 Å². The van der Waals surface area contributed by atoms with Crippen LogP contribution in [0, 0.1) is 5.92 Å². The van der Waals surface area contributed by atoms with Crippen molar-refractivity contribution in [2.24, 2.45) is 5.92 Å². The minimum Gasteiger partial charge on any atom is -0.441 e. The van der Waals surface area contributed by atoms with Gasteiger partial charge in [-0.1, -0.05) is 36.2 Å². The van der Waals surface area contributed by atoms with Crippen LogP contribution in [0.25, 0.3) is 11.5 Å². The normalized spacial score (nSPS) is 15.3. The molecule has 0 aromatic carbocycles. The molecule has 0 spiro atoms. The van der Waals surface area contributed by atoms with Gasteiger partial charge in [-0.25, -0.2) is 18.4 Å². The Kier molecular flexibility index (Phi) is 8.71. The number of pyridine rings is 1. The summed E-state index contributed by atoms with van der Waals surface area (Å²) in [7, 11) is -0.243. The molecular formula is C25H29Cl2N5O4S2. The molecule has 13 heteroatoms. The molecule has 4 heterocycles. The van der Waals surface area contributed by atoms with Gasteiger partial charge in [0.2, 0.25) is 21.8 Å². The number of hydrogen-bond acceptors (Lipinski definition) is 9. The second-order valence-electron chi connectivity index (χ2n) is 9.11. The van der Waals surface area contributed by atoms with Crippen LogP contribution < -0.4 is 14.5 Å². The number of anilines is 2. The summed E-state index contributed by atoms with van der Waals surface area (Å²) in [4.78, 5) is 26.3. The van der Waals surface area contributed by atoms with Crippen LogP contribution >= 0.6 is 34.5 Å². The van der Waals surface area contributed by atoms with Crippen LogP contribution in [0.5, 0.6) is 0 Å². The molecule has 1 saturated heterocycles. The number of carbonyl (C=O) groups is 1. The van der Waals surface area contributed by atoms with Crippen LogP contribution in [0.4, 0.5) is 11.5 Å². The number of amides is 1. The number of carbonyl (C=O) groups excluding carboxylic acids is 1. The summed E-state index contributed by atoms with van der Waals surface area (Å²) in [5, 5.41) is -0.607. The van der Waals surface area contributed by atoms with Gasteiger partial charge in [-0.05, 0) is 25.0 Å². The summed E-state index contributed by atoms with van der Waals surface area (Å²) in [5.74, 6) is 0.813. The Hall–Kier alpha value is -2.60. The van der Waals surface area contributed by atoms with Gasteiger partial charge in [-0.2, -0.15) is 0 Å². The van der Waals surface area contributed by atoms with E-state index in [1.165, 1.54) is 6.08 Å². The molecule has 4 rings (SSSR count). The molecule has 1 fully saturated rings. The molecule has 3 aromatic rings. The maximum Gasteiger partial charge on any atom is 0.246 e. The third-order valence-corrected chi connectivity index (χ3v) is 9.80. The Balaban J connectivity index is 1.46. The molecule has 3 aromatic heterocycles. The fourth-order valence-electron chi connectivity index (χ4n) is 4.39. The van der Waals surface area contributed by atoms with Gasteiger partial charge in [0, 0.05) is 50.6 Å². The number of piperidine rings is 1. The predicted octanol–water partition coefficient (Wildman–Crippen LogP) is 5.32. The molecular weight excluding hydrogens is 569 g/mol. The molecule has 204 valence electrons. The first-order chi connectivity index (χ1) is 18.1. The number of nitrogens with one attached hydrogen (secondary N) is 1. The molecule has 1 amide bonds. The third-order valence-electron chi connectivity index (χ3n) is 6.39. The number of oxazole rings is 1. The van der Waals surface area contributed by atoms with E-state index in [0.717, 1.165) is 29.2 Å². The molecule has 1 N–H and O–H groups in total. The van der Waals surface area contributed by atoms with Crippen LogP contribution in [-0.4, -0.2) is 51.5 Å². The molecule has 38 heavy (non-hydrogen) atoms. The molecule has 1 atom stereocenters. The maximum atomic E-state index is 12.9. The highest BCUT2D eigenvalue weighted by Crippen LogP contribution is 2.41. The quantitative estimate of drug-likeness (QED) is 0.330. The van der Waals surface area contributed by atoms with Crippen molar-refractivity contribution >= 4 is 62.0 Å². The van der Waals surface area contributed by atoms with Crippen LogP contribution in [0.1, 0.15) is 35.7 Å².